The Morgan fingerprint density at radius 3 is 2.30 bits per heavy atom. The number of nitrogens with zero attached hydrogens (tertiary/aromatic N) is 2. The first-order valence-electron chi connectivity index (χ1n) is 8.26. The van der Waals surface area contributed by atoms with Crippen molar-refractivity contribution in [1.82, 2.24) is 9.80 Å². The first-order valence-corrected chi connectivity index (χ1v) is 8.26. The molecule has 0 N–H and O–H groups in total. The molecule has 0 saturated carbocycles. The van der Waals surface area contributed by atoms with E-state index in [-0.39, 0.29) is 6.04 Å². The Kier molecular flexibility index (Phi) is 5.86. The summed E-state index contributed by atoms with van der Waals surface area (Å²) in [5.41, 5.74) is 0. The lowest BCUT2D eigenvalue weighted by Crippen LogP contribution is -2.41. The summed E-state index contributed by atoms with van der Waals surface area (Å²) >= 11 is 0. The lowest BCUT2D eigenvalue weighted by molar-refractivity contribution is -0.133. The van der Waals surface area contributed by atoms with Crippen molar-refractivity contribution in [1.29, 1.82) is 0 Å². The summed E-state index contributed by atoms with van der Waals surface area (Å²) in [6.45, 7) is 4.74. The molecule has 0 unspecified atom stereocenters. The SMILES string of the molecule is C[C@@H](CCN1CCCCCC1=O)N1CCCCCC1=O. The van der Waals surface area contributed by atoms with E-state index < -0.39 is 0 Å². The van der Waals surface area contributed by atoms with E-state index >= 15 is 0 Å². The second kappa shape index (κ2) is 7.65. The maximum absolute atomic E-state index is 12.1. The molecule has 2 aliphatic heterocycles. The zero-order valence-electron chi connectivity index (χ0n) is 12.8. The summed E-state index contributed by atoms with van der Waals surface area (Å²) < 4.78 is 0. The summed E-state index contributed by atoms with van der Waals surface area (Å²) in [5.74, 6) is 0.606. The van der Waals surface area contributed by atoms with Gasteiger partial charge in [-0.1, -0.05) is 12.8 Å². The maximum atomic E-state index is 12.1. The number of carbonyl (C=O) groups is 2. The van der Waals surface area contributed by atoms with Crippen LogP contribution in [-0.4, -0.2) is 47.3 Å². The summed E-state index contributed by atoms with van der Waals surface area (Å²) in [6, 6.07) is 0.261. The van der Waals surface area contributed by atoms with Crippen LogP contribution in [0.2, 0.25) is 0 Å². The van der Waals surface area contributed by atoms with Crippen molar-refractivity contribution in [2.24, 2.45) is 0 Å². The van der Waals surface area contributed by atoms with E-state index in [4.69, 9.17) is 0 Å². The van der Waals surface area contributed by atoms with Crippen LogP contribution in [0.25, 0.3) is 0 Å². The molecular weight excluding hydrogens is 252 g/mol. The molecule has 2 rings (SSSR count). The van der Waals surface area contributed by atoms with E-state index in [2.05, 4.69) is 6.92 Å². The fraction of sp³-hybridized carbons (Fsp3) is 0.875. The minimum absolute atomic E-state index is 0.261. The van der Waals surface area contributed by atoms with Crippen LogP contribution in [0.3, 0.4) is 0 Å². The van der Waals surface area contributed by atoms with E-state index in [9.17, 15) is 9.59 Å². The van der Waals surface area contributed by atoms with E-state index in [1.54, 1.807) is 0 Å². The van der Waals surface area contributed by atoms with Crippen molar-refractivity contribution in [3.63, 3.8) is 0 Å². The van der Waals surface area contributed by atoms with Gasteiger partial charge in [0.15, 0.2) is 0 Å². The highest BCUT2D eigenvalue weighted by molar-refractivity contribution is 5.77. The first kappa shape index (κ1) is 15.3. The molecule has 2 aliphatic rings. The third-order valence-electron chi connectivity index (χ3n) is 4.63. The molecule has 1 atom stereocenters. The first-order chi connectivity index (χ1) is 9.68. The van der Waals surface area contributed by atoms with Crippen LogP contribution in [-0.2, 0) is 9.59 Å². The minimum Gasteiger partial charge on any atom is -0.343 e. The molecular formula is C16H28N2O2. The number of amides is 2. The Morgan fingerprint density at radius 1 is 0.900 bits per heavy atom. The molecule has 4 nitrogen and oxygen atoms in total. The van der Waals surface area contributed by atoms with Crippen molar-refractivity contribution in [2.75, 3.05) is 19.6 Å². The van der Waals surface area contributed by atoms with Crippen LogP contribution in [0.4, 0.5) is 0 Å². The quantitative estimate of drug-likeness (QED) is 0.794. The van der Waals surface area contributed by atoms with Gasteiger partial charge in [-0.05, 0) is 39.0 Å². The molecule has 2 amide bonds. The Bertz CT molecular complexity index is 343. The third kappa shape index (κ3) is 4.22. The fourth-order valence-corrected chi connectivity index (χ4v) is 3.24. The molecule has 0 radical (unpaired) electrons. The van der Waals surface area contributed by atoms with Crippen molar-refractivity contribution < 1.29 is 9.59 Å². The fourth-order valence-electron chi connectivity index (χ4n) is 3.24. The summed E-state index contributed by atoms with van der Waals surface area (Å²) in [4.78, 5) is 28.1. The summed E-state index contributed by atoms with van der Waals surface area (Å²) in [6.07, 6.45) is 8.98. The molecule has 0 bridgehead atoms. The van der Waals surface area contributed by atoms with Gasteiger partial charge in [0.25, 0.3) is 0 Å². The van der Waals surface area contributed by atoms with E-state index in [1.807, 2.05) is 9.80 Å². The lowest BCUT2D eigenvalue weighted by atomic mass is 10.1. The topological polar surface area (TPSA) is 40.6 Å². The zero-order valence-corrected chi connectivity index (χ0v) is 12.8. The Morgan fingerprint density at radius 2 is 1.55 bits per heavy atom. The van der Waals surface area contributed by atoms with E-state index in [0.29, 0.717) is 24.7 Å². The average molecular weight is 280 g/mol. The molecule has 0 aromatic heterocycles. The predicted molar refractivity (Wildman–Crippen MR) is 79.3 cm³/mol. The van der Waals surface area contributed by atoms with Gasteiger partial charge in [-0.3, -0.25) is 9.59 Å². The van der Waals surface area contributed by atoms with Gasteiger partial charge in [-0.25, -0.2) is 0 Å². The van der Waals surface area contributed by atoms with Crippen molar-refractivity contribution in [3.05, 3.63) is 0 Å². The number of carbonyl (C=O) groups excluding carboxylic acids is 2. The van der Waals surface area contributed by atoms with Crippen LogP contribution in [0.15, 0.2) is 0 Å². The molecule has 0 aromatic rings. The minimum atomic E-state index is 0.261. The van der Waals surface area contributed by atoms with E-state index in [1.165, 1.54) is 12.8 Å². The molecule has 0 aromatic carbocycles. The van der Waals surface area contributed by atoms with Gasteiger partial charge >= 0.3 is 0 Å². The van der Waals surface area contributed by atoms with Crippen LogP contribution >= 0.6 is 0 Å². The Hall–Kier alpha value is -1.06. The van der Waals surface area contributed by atoms with Crippen molar-refractivity contribution in [3.8, 4) is 0 Å². The highest BCUT2D eigenvalue weighted by atomic mass is 16.2. The monoisotopic (exact) mass is 280 g/mol. The highest BCUT2D eigenvalue weighted by Crippen LogP contribution is 2.17. The van der Waals surface area contributed by atoms with Crippen LogP contribution in [0, 0.1) is 0 Å². The van der Waals surface area contributed by atoms with Crippen LogP contribution in [0.1, 0.15) is 64.7 Å². The number of rotatable bonds is 4. The molecule has 0 spiro atoms. The Balaban J connectivity index is 1.82. The van der Waals surface area contributed by atoms with Gasteiger partial charge in [0.05, 0.1) is 0 Å². The second-order valence-corrected chi connectivity index (χ2v) is 6.23. The van der Waals surface area contributed by atoms with Gasteiger partial charge in [0.2, 0.25) is 11.8 Å². The number of hydrogen-bond donors (Lipinski definition) is 0. The van der Waals surface area contributed by atoms with Gasteiger partial charge in [-0.15, -0.1) is 0 Å². The molecule has 4 heteroatoms. The van der Waals surface area contributed by atoms with E-state index in [0.717, 1.165) is 51.7 Å². The third-order valence-corrected chi connectivity index (χ3v) is 4.63. The smallest absolute Gasteiger partial charge is 0.222 e. The van der Waals surface area contributed by atoms with Gasteiger partial charge < -0.3 is 9.80 Å². The molecule has 2 fully saturated rings. The molecule has 114 valence electrons. The largest absolute Gasteiger partial charge is 0.343 e. The van der Waals surface area contributed by atoms with Crippen LogP contribution < -0.4 is 0 Å². The van der Waals surface area contributed by atoms with Gasteiger partial charge in [0, 0.05) is 38.5 Å². The maximum Gasteiger partial charge on any atom is 0.222 e. The number of hydrogen-bond acceptors (Lipinski definition) is 2. The van der Waals surface area contributed by atoms with Gasteiger partial charge in [0.1, 0.15) is 0 Å². The average Bonchev–Trinajstić information content (AvgIpc) is 2.77. The molecule has 20 heavy (non-hydrogen) atoms. The van der Waals surface area contributed by atoms with Crippen molar-refractivity contribution >= 4 is 11.8 Å². The predicted octanol–water partition coefficient (Wildman–Crippen LogP) is 2.57. The lowest BCUT2D eigenvalue weighted by Gasteiger charge is -2.30. The van der Waals surface area contributed by atoms with Gasteiger partial charge in [-0.2, -0.15) is 0 Å². The normalized spacial score (nSPS) is 23.4. The Labute approximate surface area is 122 Å². The number of likely N-dealkylation sites (tertiary alicyclic amines) is 2. The van der Waals surface area contributed by atoms with Crippen LogP contribution in [0.5, 0.6) is 0 Å². The zero-order chi connectivity index (χ0) is 14.4. The highest BCUT2D eigenvalue weighted by Gasteiger charge is 2.23. The summed E-state index contributed by atoms with van der Waals surface area (Å²) in [5, 5.41) is 0. The molecule has 2 heterocycles. The summed E-state index contributed by atoms with van der Waals surface area (Å²) in [7, 11) is 0. The molecule has 2 saturated heterocycles. The molecule has 0 aliphatic carbocycles. The second-order valence-electron chi connectivity index (χ2n) is 6.23. The van der Waals surface area contributed by atoms with Crippen molar-refractivity contribution in [2.45, 2.75) is 70.8 Å². The standard InChI is InChI=1S/C16H28N2O2/c1-14(18-12-7-3-5-9-16(18)20)10-13-17-11-6-2-4-8-15(17)19/h14H,2-13H2,1H3/t14-/m0/s1.